The normalized spacial score (nSPS) is 16.8. The lowest BCUT2D eigenvalue weighted by atomic mass is 10.1. The Bertz CT molecular complexity index is 565. The second kappa shape index (κ2) is 6.81. The van der Waals surface area contributed by atoms with E-state index in [9.17, 15) is 9.59 Å². The first-order valence-corrected chi connectivity index (χ1v) is 8.17. The molecule has 2 heterocycles. The van der Waals surface area contributed by atoms with Gasteiger partial charge in [0.2, 0.25) is 5.91 Å². The van der Waals surface area contributed by atoms with Crippen LogP contribution in [0.5, 0.6) is 0 Å². The number of likely N-dealkylation sites (tertiary alicyclic amines) is 1. The van der Waals surface area contributed by atoms with E-state index in [1.54, 1.807) is 0 Å². The first-order chi connectivity index (χ1) is 10.7. The molecule has 0 saturated carbocycles. The molecule has 0 unspecified atom stereocenters. The summed E-state index contributed by atoms with van der Waals surface area (Å²) >= 11 is 0. The van der Waals surface area contributed by atoms with Gasteiger partial charge >= 0.3 is 0 Å². The maximum absolute atomic E-state index is 12.1. The summed E-state index contributed by atoms with van der Waals surface area (Å²) in [6, 6.07) is 5.73. The van der Waals surface area contributed by atoms with E-state index in [4.69, 9.17) is 0 Å². The van der Waals surface area contributed by atoms with Gasteiger partial charge in [0.15, 0.2) is 0 Å². The van der Waals surface area contributed by atoms with Crippen LogP contribution in [0, 0.1) is 0 Å². The van der Waals surface area contributed by atoms with Crippen LogP contribution < -0.4 is 10.6 Å². The zero-order valence-electron chi connectivity index (χ0n) is 12.9. The number of anilines is 1. The molecule has 0 radical (unpaired) electrons. The molecular weight excluding hydrogens is 278 g/mol. The van der Waals surface area contributed by atoms with Gasteiger partial charge in [0.25, 0.3) is 5.91 Å². The minimum absolute atomic E-state index is 0.0962. The second-order valence-electron chi connectivity index (χ2n) is 6.00. The van der Waals surface area contributed by atoms with Gasteiger partial charge in [-0.2, -0.15) is 0 Å². The van der Waals surface area contributed by atoms with E-state index in [-0.39, 0.29) is 11.8 Å². The average molecular weight is 301 g/mol. The number of benzene rings is 1. The molecule has 1 saturated heterocycles. The van der Waals surface area contributed by atoms with Crippen LogP contribution in [0.25, 0.3) is 0 Å². The van der Waals surface area contributed by atoms with Gasteiger partial charge in [-0.25, -0.2) is 0 Å². The number of nitrogens with zero attached hydrogens (tertiary/aromatic N) is 1. The minimum atomic E-state index is -0.0962. The SMILES string of the molecule is O=C(NCCC(=O)N1CCCCC1)c1ccc2c(c1)CCN2. The van der Waals surface area contributed by atoms with Crippen molar-refractivity contribution in [3.63, 3.8) is 0 Å². The van der Waals surface area contributed by atoms with Crippen LogP contribution >= 0.6 is 0 Å². The number of hydrogen-bond donors (Lipinski definition) is 2. The molecule has 1 fully saturated rings. The van der Waals surface area contributed by atoms with Crippen LogP contribution in [0.15, 0.2) is 18.2 Å². The van der Waals surface area contributed by atoms with Gasteiger partial charge in [0.1, 0.15) is 0 Å². The van der Waals surface area contributed by atoms with Crippen LogP contribution in [-0.4, -0.2) is 42.9 Å². The van der Waals surface area contributed by atoms with E-state index in [0.717, 1.165) is 44.6 Å². The number of amides is 2. The summed E-state index contributed by atoms with van der Waals surface area (Å²) in [5.41, 5.74) is 2.99. The Labute approximate surface area is 131 Å². The topological polar surface area (TPSA) is 61.4 Å². The highest BCUT2D eigenvalue weighted by molar-refractivity contribution is 5.95. The minimum Gasteiger partial charge on any atom is -0.384 e. The summed E-state index contributed by atoms with van der Waals surface area (Å²) in [6.45, 7) is 3.07. The van der Waals surface area contributed by atoms with Gasteiger partial charge in [-0.1, -0.05) is 0 Å². The molecule has 1 aromatic rings. The number of carbonyl (C=O) groups is 2. The number of hydrogen-bond acceptors (Lipinski definition) is 3. The van der Waals surface area contributed by atoms with Gasteiger partial charge in [0, 0.05) is 43.9 Å². The predicted octanol–water partition coefficient (Wildman–Crippen LogP) is 1.79. The molecule has 2 aliphatic rings. The molecule has 0 aliphatic carbocycles. The van der Waals surface area contributed by atoms with Crippen molar-refractivity contribution >= 4 is 17.5 Å². The Kier molecular flexibility index (Phi) is 4.61. The summed E-state index contributed by atoms with van der Waals surface area (Å²) in [6.07, 6.45) is 4.76. The van der Waals surface area contributed by atoms with Crippen LogP contribution in [0.2, 0.25) is 0 Å². The molecule has 118 valence electrons. The Morgan fingerprint density at radius 3 is 2.82 bits per heavy atom. The molecule has 0 bridgehead atoms. The lowest BCUT2D eigenvalue weighted by molar-refractivity contribution is -0.131. The molecule has 2 aliphatic heterocycles. The number of piperidine rings is 1. The molecule has 0 aromatic heterocycles. The molecule has 3 rings (SSSR count). The monoisotopic (exact) mass is 301 g/mol. The Morgan fingerprint density at radius 1 is 1.18 bits per heavy atom. The highest BCUT2D eigenvalue weighted by Gasteiger charge is 2.17. The Morgan fingerprint density at radius 2 is 2.00 bits per heavy atom. The highest BCUT2D eigenvalue weighted by Crippen LogP contribution is 2.22. The number of rotatable bonds is 4. The number of fused-ring (bicyclic) bond motifs is 1. The number of nitrogens with one attached hydrogen (secondary N) is 2. The Hall–Kier alpha value is -2.04. The molecule has 0 atom stereocenters. The van der Waals surface area contributed by atoms with Crippen molar-refractivity contribution in [3.8, 4) is 0 Å². The van der Waals surface area contributed by atoms with Gasteiger partial charge in [-0.3, -0.25) is 9.59 Å². The van der Waals surface area contributed by atoms with E-state index in [2.05, 4.69) is 10.6 Å². The molecule has 2 N–H and O–H groups in total. The first kappa shape index (κ1) is 14.9. The summed E-state index contributed by atoms with van der Waals surface area (Å²) < 4.78 is 0. The van der Waals surface area contributed by atoms with Crippen molar-refractivity contribution in [3.05, 3.63) is 29.3 Å². The van der Waals surface area contributed by atoms with E-state index in [0.29, 0.717) is 18.5 Å². The fourth-order valence-corrected chi connectivity index (χ4v) is 3.13. The second-order valence-corrected chi connectivity index (χ2v) is 6.00. The fraction of sp³-hybridized carbons (Fsp3) is 0.529. The van der Waals surface area contributed by atoms with E-state index in [1.807, 2.05) is 23.1 Å². The zero-order valence-corrected chi connectivity index (χ0v) is 12.9. The first-order valence-electron chi connectivity index (χ1n) is 8.17. The van der Waals surface area contributed by atoms with Crippen LogP contribution in [0.4, 0.5) is 5.69 Å². The molecule has 0 spiro atoms. The van der Waals surface area contributed by atoms with Gasteiger partial charge in [-0.05, 0) is 49.4 Å². The Balaban J connectivity index is 1.47. The summed E-state index contributed by atoms with van der Waals surface area (Å²) in [5.74, 6) is 0.0549. The van der Waals surface area contributed by atoms with Crippen molar-refractivity contribution in [2.24, 2.45) is 0 Å². The van der Waals surface area contributed by atoms with E-state index < -0.39 is 0 Å². The zero-order chi connectivity index (χ0) is 15.4. The van der Waals surface area contributed by atoms with Crippen LogP contribution in [0.3, 0.4) is 0 Å². The third-order valence-corrected chi connectivity index (χ3v) is 4.41. The van der Waals surface area contributed by atoms with Crippen LogP contribution in [0.1, 0.15) is 41.6 Å². The van der Waals surface area contributed by atoms with Crippen molar-refractivity contribution in [2.45, 2.75) is 32.1 Å². The van der Waals surface area contributed by atoms with Crippen molar-refractivity contribution in [1.82, 2.24) is 10.2 Å². The summed E-state index contributed by atoms with van der Waals surface area (Å²) in [4.78, 5) is 26.1. The molecular formula is C17H23N3O2. The summed E-state index contributed by atoms with van der Waals surface area (Å²) in [5, 5.41) is 6.13. The fourth-order valence-electron chi connectivity index (χ4n) is 3.13. The molecule has 5 heteroatoms. The van der Waals surface area contributed by atoms with Crippen molar-refractivity contribution in [1.29, 1.82) is 0 Å². The lowest BCUT2D eigenvalue weighted by Gasteiger charge is -2.26. The predicted molar refractivity (Wildman–Crippen MR) is 86.0 cm³/mol. The standard InChI is InChI=1S/C17H23N3O2/c21-16(20-10-2-1-3-11-20)7-9-19-17(22)14-4-5-15-13(12-14)6-8-18-15/h4-5,12,18H,1-3,6-11H2,(H,19,22). The third-order valence-electron chi connectivity index (χ3n) is 4.41. The maximum Gasteiger partial charge on any atom is 0.251 e. The van der Waals surface area contributed by atoms with Crippen LogP contribution in [-0.2, 0) is 11.2 Å². The van der Waals surface area contributed by atoms with Gasteiger partial charge in [-0.15, -0.1) is 0 Å². The smallest absolute Gasteiger partial charge is 0.251 e. The quantitative estimate of drug-likeness (QED) is 0.891. The third kappa shape index (κ3) is 3.40. The average Bonchev–Trinajstić information content (AvgIpc) is 3.03. The molecule has 5 nitrogen and oxygen atoms in total. The van der Waals surface area contributed by atoms with E-state index >= 15 is 0 Å². The largest absolute Gasteiger partial charge is 0.384 e. The molecule has 1 aromatic carbocycles. The molecule has 2 amide bonds. The van der Waals surface area contributed by atoms with Crippen molar-refractivity contribution in [2.75, 3.05) is 31.5 Å². The van der Waals surface area contributed by atoms with Crippen molar-refractivity contribution < 1.29 is 9.59 Å². The number of carbonyl (C=O) groups excluding carboxylic acids is 2. The van der Waals surface area contributed by atoms with Gasteiger partial charge < -0.3 is 15.5 Å². The van der Waals surface area contributed by atoms with Gasteiger partial charge in [0.05, 0.1) is 0 Å². The van der Waals surface area contributed by atoms with E-state index in [1.165, 1.54) is 12.0 Å². The maximum atomic E-state index is 12.1. The summed E-state index contributed by atoms with van der Waals surface area (Å²) in [7, 11) is 0. The highest BCUT2D eigenvalue weighted by atomic mass is 16.2. The molecule has 22 heavy (non-hydrogen) atoms. The lowest BCUT2D eigenvalue weighted by Crippen LogP contribution is -2.37.